The summed E-state index contributed by atoms with van der Waals surface area (Å²) in [6, 6.07) is 5.07. The minimum Gasteiger partial charge on any atom is -0.351 e. The van der Waals surface area contributed by atoms with Crippen molar-refractivity contribution in [3.05, 3.63) is 35.9 Å². The standard InChI is InChI=1S/C21H31F2N3O3/c1-12(2)10-15(24)19(28)21(22,23)18(25)17(27)16(13(3)4)20(29)26-11-14-8-6-5-7-9-14/h5-9,12-13,15-16,18H,10-11,24-25H2,1-4H3,(H,26,29). The maximum absolute atomic E-state index is 14.6. The Bertz CT molecular complexity index is 708. The van der Waals surface area contributed by atoms with Crippen LogP contribution in [0.4, 0.5) is 8.78 Å². The van der Waals surface area contributed by atoms with Gasteiger partial charge in [-0.1, -0.05) is 58.0 Å². The number of rotatable bonds is 11. The van der Waals surface area contributed by atoms with Crippen molar-refractivity contribution in [3.63, 3.8) is 0 Å². The van der Waals surface area contributed by atoms with Gasteiger partial charge >= 0.3 is 5.92 Å². The second-order valence-electron chi connectivity index (χ2n) is 8.03. The fourth-order valence-electron chi connectivity index (χ4n) is 3.04. The molecule has 0 aliphatic carbocycles. The second kappa shape index (κ2) is 10.5. The molecule has 29 heavy (non-hydrogen) atoms. The molecular formula is C21H31F2N3O3. The van der Waals surface area contributed by atoms with Crippen molar-refractivity contribution in [1.82, 2.24) is 5.32 Å². The highest BCUT2D eigenvalue weighted by Gasteiger charge is 2.52. The quantitative estimate of drug-likeness (QED) is 0.482. The lowest BCUT2D eigenvalue weighted by molar-refractivity contribution is -0.155. The molecule has 0 saturated carbocycles. The van der Waals surface area contributed by atoms with Crippen molar-refractivity contribution in [2.45, 2.75) is 58.7 Å². The molecule has 1 amide bonds. The van der Waals surface area contributed by atoms with E-state index >= 15 is 0 Å². The third-order valence-corrected chi connectivity index (χ3v) is 4.65. The molecule has 0 bridgehead atoms. The van der Waals surface area contributed by atoms with Crippen LogP contribution in [0.1, 0.15) is 39.7 Å². The maximum Gasteiger partial charge on any atom is 0.328 e. The Labute approximate surface area is 170 Å². The van der Waals surface area contributed by atoms with Gasteiger partial charge in [0, 0.05) is 6.54 Å². The van der Waals surface area contributed by atoms with E-state index in [2.05, 4.69) is 5.32 Å². The molecule has 1 aromatic carbocycles. The van der Waals surface area contributed by atoms with Crippen molar-refractivity contribution in [2.75, 3.05) is 0 Å². The Morgan fingerprint density at radius 1 is 1.03 bits per heavy atom. The van der Waals surface area contributed by atoms with E-state index in [1.54, 1.807) is 52.0 Å². The van der Waals surface area contributed by atoms with Gasteiger partial charge < -0.3 is 16.8 Å². The molecule has 0 radical (unpaired) electrons. The van der Waals surface area contributed by atoms with Crippen LogP contribution in [0.5, 0.6) is 0 Å². The zero-order chi connectivity index (χ0) is 22.4. The molecule has 0 heterocycles. The van der Waals surface area contributed by atoms with E-state index in [-0.39, 0.29) is 18.9 Å². The first kappa shape index (κ1) is 24.8. The van der Waals surface area contributed by atoms with Crippen LogP contribution in [-0.2, 0) is 20.9 Å². The smallest absolute Gasteiger partial charge is 0.328 e. The lowest BCUT2D eigenvalue weighted by Gasteiger charge is -2.28. The summed E-state index contributed by atoms with van der Waals surface area (Å²) in [5, 5.41) is 2.58. The highest BCUT2D eigenvalue weighted by atomic mass is 19.3. The molecule has 0 saturated heterocycles. The molecule has 5 N–H and O–H groups in total. The fraction of sp³-hybridized carbons (Fsp3) is 0.571. The Kier molecular flexibility index (Phi) is 9.04. The van der Waals surface area contributed by atoms with Gasteiger partial charge in [-0.25, -0.2) is 0 Å². The number of alkyl halides is 2. The molecule has 0 spiro atoms. The highest BCUT2D eigenvalue weighted by Crippen LogP contribution is 2.26. The van der Waals surface area contributed by atoms with Crippen molar-refractivity contribution >= 4 is 17.5 Å². The molecule has 1 rings (SSSR count). The normalized spacial score (nSPS) is 15.1. The number of Topliss-reactive ketones (excluding diaryl/α,β-unsaturated/α-hetero) is 2. The molecule has 0 aromatic heterocycles. The zero-order valence-electron chi connectivity index (χ0n) is 17.3. The zero-order valence-corrected chi connectivity index (χ0v) is 17.3. The van der Waals surface area contributed by atoms with Crippen molar-refractivity contribution in [2.24, 2.45) is 29.2 Å². The van der Waals surface area contributed by atoms with Gasteiger partial charge in [0.2, 0.25) is 11.7 Å². The van der Waals surface area contributed by atoms with E-state index in [0.29, 0.717) is 0 Å². The van der Waals surface area contributed by atoms with E-state index in [0.717, 1.165) is 5.56 Å². The number of carbonyl (C=O) groups excluding carboxylic acids is 3. The predicted molar refractivity (Wildman–Crippen MR) is 107 cm³/mol. The molecule has 0 fully saturated rings. The van der Waals surface area contributed by atoms with Gasteiger partial charge in [-0.05, 0) is 23.8 Å². The van der Waals surface area contributed by atoms with E-state index in [1.165, 1.54) is 0 Å². The topological polar surface area (TPSA) is 115 Å². The number of hydrogen-bond donors (Lipinski definition) is 3. The van der Waals surface area contributed by atoms with E-state index in [4.69, 9.17) is 11.5 Å². The van der Waals surface area contributed by atoms with Crippen molar-refractivity contribution in [1.29, 1.82) is 0 Å². The first-order chi connectivity index (χ1) is 13.4. The van der Waals surface area contributed by atoms with Crippen LogP contribution < -0.4 is 16.8 Å². The van der Waals surface area contributed by atoms with Gasteiger partial charge in [0.05, 0.1) is 6.04 Å². The summed E-state index contributed by atoms with van der Waals surface area (Å²) < 4.78 is 29.2. The summed E-state index contributed by atoms with van der Waals surface area (Å²) in [7, 11) is 0. The third kappa shape index (κ3) is 6.68. The van der Waals surface area contributed by atoms with Crippen molar-refractivity contribution in [3.8, 4) is 0 Å². The minimum absolute atomic E-state index is 0.0422. The van der Waals surface area contributed by atoms with Crippen LogP contribution in [-0.4, -0.2) is 35.5 Å². The number of hydrogen-bond acceptors (Lipinski definition) is 5. The molecule has 6 nitrogen and oxygen atoms in total. The lowest BCUT2D eigenvalue weighted by Crippen LogP contribution is -2.59. The van der Waals surface area contributed by atoms with Gasteiger partial charge in [-0.2, -0.15) is 8.78 Å². The number of amides is 1. The van der Waals surface area contributed by atoms with Crippen LogP contribution in [0.3, 0.4) is 0 Å². The summed E-state index contributed by atoms with van der Waals surface area (Å²) in [4.78, 5) is 37.3. The fourth-order valence-corrected chi connectivity index (χ4v) is 3.04. The van der Waals surface area contributed by atoms with Crippen LogP contribution in [0.25, 0.3) is 0 Å². The third-order valence-electron chi connectivity index (χ3n) is 4.65. The molecule has 1 aromatic rings. The second-order valence-corrected chi connectivity index (χ2v) is 8.03. The Morgan fingerprint density at radius 3 is 2.07 bits per heavy atom. The summed E-state index contributed by atoms with van der Waals surface area (Å²) in [5.41, 5.74) is 11.9. The Balaban J connectivity index is 2.93. The average molecular weight is 411 g/mol. The number of nitrogens with one attached hydrogen (secondary N) is 1. The SMILES string of the molecule is CC(C)CC(N)C(=O)C(F)(F)C(N)C(=O)C(C(=O)NCc1ccccc1)C(C)C. The summed E-state index contributed by atoms with van der Waals surface area (Å²) >= 11 is 0. The summed E-state index contributed by atoms with van der Waals surface area (Å²) in [6.45, 7) is 6.73. The summed E-state index contributed by atoms with van der Waals surface area (Å²) in [6.07, 6.45) is 0.0422. The van der Waals surface area contributed by atoms with Crippen LogP contribution >= 0.6 is 0 Å². The Morgan fingerprint density at radius 2 is 1.59 bits per heavy atom. The van der Waals surface area contributed by atoms with E-state index in [1.807, 2.05) is 6.07 Å². The van der Waals surface area contributed by atoms with Gasteiger partial charge in [0.25, 0.3) is 0 Å². The first-order valence-corrected chi connectivity index (χ1v) is 9.68. The number of carbonyl (C=O) groups is 3. The predicted octanol–water partition coefficient (Wildman–Crippen LogP) is 2.05. The van der Waals surface area contributed by atoms with Crippen LogP contribution in [0.2, 0.25) is 0 Å². The number of benzene rings is 1. The summed E-state index contributed by atoms with van der Waals surface area (Å²) in [5.74, 6) is -9.70. The number of halogens is 2. The van der Waals surface area contributed by atoms with Gasteiger partial charge in [0.15, 0.2) is 5.78 Å². The number of ketones is 2. The van der Waals surface area contributed by atoms with Gasteiger partial charge in [-0.15, -0.1) is 0 Å². The van der Waals surface area contributed by atoms with Gasteiger partial charge in [-0.3, -0.25) is 14.4 Å². The largest absolute Gasteiger partial charge is 0.351 e. The number of nitrogens with two attached hydrogens (primary N) is 2. The van der Waals surface area contributed by atoms with E-state index in [9.17, 15) is 23.2 Å². The molecular weight excluding hydrogens is 380 g/mol. The van der Waals surface area contributed by atoms with Crippen molar-refractivity contribution < 1.29 is 23.2 Å². The van der Waals surface area contributed by atoms with Crippen LogP contribution in [0.15, 0.2) is 30.3 Å². The minimum atomic E-state index is -4.15. The maximum atomic E-state index is 14.6. The lowest BCUT2D eigenvalue weighted by atomic mass is 9.83. The molecule has 3 unspecified atom stereocenters. The Hall–Kier alpha value is -2.19. The molecule has 0 aliphatic rings. The van der Waals surface area contributed by atoms with Gasteiger partial charge in [0.1, 0.15) is 12.0 Å². The first-order valence-electron chi connectivity index (χ1n) is 9.68. The monoisotopic (exact) mass is 411 g/mol. The highest BCUT2D eigenvalue weighted by molar-refractivity contribution is 6.07. The molecule has 3 atom stereocenters. The molecule has 8 heteroatoms. The van der Waals surface area contributed by atoms with Crippen LogP contribution in [0, 0.1) is 17.8 Å². The molecule has 162 valence electrons. The molecule has 0 aliphatic heterocycles. The average Bonchev–Trinajstić information content (AvgIpc) is 2.65. The van der Waals surface area contributed by atoms with E-state index < -0.39 is 47.3 Å².